The van der Waals surface area contributed by atoms with E-state index in [0.29, 0.717) is 16.4 Å². The molecular formula is C11H13ClF2N2O2. The summed E-state index contributed by atoms with van der Waals surface area (Å²) in [6.07, 6.45) is -2.56. The summed E-state index contributed by atoms with van der Waals surface area (Å²) in [5.74, 6) is -0.377. The predicted molar refractivity (Wildman–Crippen MR) is 65.9 cm³/mol. The zero-order valence-corrected chi connectivity index (χ0v) is 10.2. The maximum Gasteiger partial charge on any atom is 0.261 e. The highest BCUT2D eigenvalue weighted by atomic mass is 35.5. The molecule has 1 rings (SSSR count). The largest absolute Gasteiger partial charge is 0.397 e. The van der Waals surface area contributed by atoms with Gasteiger partial charge in [-0.1, -0.05) is 11.6 Å². The SMILES string of the molecule is Nc1ccc(Cl)cc1NC(=O)CCOCC(F)F. The second-order valence-electron chi connectivity index (χ2n) is 3.50. The number of nitrogens with one attached hydrogen (secondary N) is 1. The number of nitrogens with two attached hydrogens (primary N) is 1. The Bertz CT molecular complexity index is 416. The highest BCUT2D eigenvalue weighted by Crippen LogP contribution is 2.22. The Hall–Kier alpha value is -1.40. The molecule has 1 aromatic carbocycles. The Morgan fingerprint density at radius 1 is 1.50 bits per heavy atom. The van der Waals surface area contributed by atoms with Crippen molar-refractivity contribution in [2.45, 2.75) is 12.8 Å². The van der Waals surface area contributed by atoms with Crippen LogP contribution in [-0.2, 0) is 9.53 Å². The van der Waals surface area contributed by atoms with Gasteiger partial charge in [0.1, 0.15) is 6.61 Å². The molecule has 0 aromatic heterocycles. The fraction of sp³-hybridized carbons (Fsp3) is 0.364. The van der Waals surface area contributed by atoms with Gasteiger partial charge in [0.2, 0.25) is 5.91 Å². The Labute approximate surface area is 108 Å². The molecular weight excluding hydrogens is 266 g/mol. The number of carbonyl (C=O) groups excluding carboxylic acids is 1. The number of anilines is 2. The van der Waals surface area contributed by atoms with E-state index in [1.807, 2.05) is 0 Å². The lowest BCUT2D eigenvalue weighted by molar-refractivity contribution is -0.117. The zero-order chi connectivity index (χ0) is 13.5. The molecule has 0 bridgehead atoms. The van der Waals surface area contributed by atoms with Crippen molar-refractivity contribution in [2.75, 3.05) is 24.3 Å². The van der Waals surface area contributed by atoms with Crippen LogP contribution in [0.5, 0.6) is 0 Å². The second kappa shape index (κ2) is 7.13. The normalized spacial score (nSPS) is 10.7. The standard InChI is InChI=1S/C11H13ClF2N2O2/c12-7-1-2-8(15)9(5-7)16-11(17)3-4-18-6-10(13)14/h1-2,5,10H,3-4,6,15H2,(H,16,17). The summed E-state index contributed by atoms with van der Waals surface area (Å²) in [4.78, 5) is 11.4. The Morgan fingerprint density at radius 3 is 2.89 bits per heavy atom. The number of benzene rings is 1. The van der Waals surface area contributed by atoms with Crippen LogP contribution < -0.4 is 11.1 Å². The molecule has 0 aliphatic rings. The first-order chi connectivity index (χ1) is 8.49. The van der Waals surface area contributed by atoms with Crippen LogP contribution in [0.4, 0.5) is 20.2 Å². The van der Waals surface area contributed by atoms with Crippen LogP contribution in [0.25, 0.3) is 0 Å². The lowest BCUT2D eigenvalue weighted by Gasteiger charge is -2.08. The van der Waals surface area contributed by atoms with Crippen molar-refractivity contribution in [1.29, 1.82) is 0 Å². The topological polar surface area (TPSA) is 64.3 Å². The minimum atomic E-state index is -2.53. The summed E-state index contributed by atoms with van der Waals surface area (Å²) in [5, 5.41) is 2.96. The average Bonchev–Trinajstić information content (AvgIpc) is 2.29. The molecule has 18 heavy (non-hydrogen) atoms. The number of ether oxygens (including phenoxy) is 1. The number of hydrogen-bond donors (Lipinski definition) is 2. The maximum absolute atomic E-state index is 11.7. The van der Waals surface area contributed by atoms with Crippen LogP contribution in [0.1, 0.15) is 6.42 Å². The lowest BCUT2D eigenvalue weighted by Crippen LogP contribution is -2.16. The van der Waals surface area contributed by atoms with Crippen LogP contribution in [0.2, 0.25) is 5.02 Å². The van der Waals surface area contributed by atoms with E-state index in [2.05, 4.69) is 10.1 Å². The molecule has 0 aliphatic heterocycles. The van der Waals surface area contributed by atoms with Crippen molar-refractivity contribution in [3.63, 3.8) is 0 Å². The van der Waals surface area contributed by atoms with Crippen molar-refractivity contribution in [1.82, 2.24) is 0 Å². The summed E-state index contributed by atoms with van der Waals surface area (Å²) in [5.41, 5.74) is 6.39. The molecule has 0 fully saturated rings. The minimum absolute atomic E-state index is 0.0291. The summed E-state index contributed by atoms with van der Waals surface area (Å²) >= 11 is 5.75. The molecule has 0 atom stereocenters. The molecule has 4 nitrogen and oxygen atoms in total. The Morgan fingerprint density at radius 2 is 2.22 bits per heavy atom. The van der Waals surface area contributed by atoms with E-state index < -0.39 is 13.0 Å². The van der Waals surface area contributed by atoms with E-state index in [0.717, 1.165) is 0 Å². The third-order valence-electron chi connectivity index (χ3n) is 2.01. The van der Waals surface area contributed by atoms with Crippen LogP contribution in [0, 0.1) is 0 Å². The van der Waals surface area contributed by atoms with Crippen molar-refractivity contribution >= 4 is 28.9 Å². The maximum atomic E-state index is 11.7. The fourth-order valence-electron chi connectivity index (χ4n) is 1.19. The molecule has 100 valence electrons. The summed E-state index contributed by atoms with van der Waals surface area (Å²) < 4.78 is 28.1. The highest BCUT2D eigenvalue weighted by Gasteiger charge is 2.07. The molecule has 7 heteroatoms. The molecule has 0 aliphatic carbocycles. The lowest BCUT2D eigenvalue weighted by atomic mass is 10.2. The second-order valence-corrected chi connectivity index (χ2v) is 3.93. The van der Waals surface area contributed by atoms with E-state index in [9.17, 15) is 13.6 Å². The third kappa shape index (κ3) is 5.29. The van der Waals surface area contributed by atoms with E-state index in [1.165, 1.54) is 6.07 Å². The van der Waals surface area contributed by atoms with E-state index in [1.54, 1.807) is 12.1 Å². The summed E-state index contributed by atoms with van der Waals surface area (Å²) in [6, 6.07) is 4.67. The fourth-order valence-corrected chi connectivity index (χ4v) is 1.36. The van der Waals surface area contributed by atoms with Crippen molar-refractivity contribution in [3.8, 4) is 0 Å². The average molecular weight is 279 g/mol. The smallest absolute Gasteiger partial charge is 0.261 e. The Kier molecular flexibility index (Phi) is 5.80. The number of hydrogen-bond acceptors (Lipinski definition) is 3. The number of rotatable bonds is 6. The van der Waals surface area contributed by atoms with Gasteiger partial charge < -0.3 is 15.8 Å². The predicted octanol–water partition coefficient (Wildman–Crippen LogP) is 2.53. The van der Waals surface area contributed by atoms with Gasteiger partial charge in [0, 0.05) is 5.02 Å². The third-order valence-corrected chi connectivity index (χ3v) is 2.24. The van der Waals surface area contributed by atoms with Crippen LogP contribution in [-0.4, -0.2) is 25.5 Å². The van der Waals surface area contributed by atoms with Crippen LogP contribution in [0.3, 0.4) is 0 Å². The summed E-state index contributed by atoms with van der Waals surface area (Å²) in [6.45, 7) is -0.747. The molecule has 3 N–H and O–H groups in total. The molecule has 0 spiro atoms. The van der Waals surface area contributed by atoms with Crippen molar-refractivity contribution in [2.24, 2.45) is 0 Å². The van der Waals surface area contributed by atoms with Gasteiger partial charge in [0.25, 0.3) is 6.43 Å². The van der Waals surface area contributed by atoms with Gasteiger partial charge in [-0.3, -0.25) is 4.79 Å². The quantitative estimate of drug-likeness (QED) is 0.621. The van der Waals surface area contributed by atoms with Gasteiger partial charge in [-0.15, -0.1) is 0 Å². The number of carbonyl (C=O) groups is 1. The number of alkyl halides is 2. The molecule has 0 radical (unpaired) electrons. The van der Waals surface area contributed by atoms with Gasteiger partial charge in [0.05, 0.1) is 24.4 Å². The van der Waals surface area contributed by atoms with Gasteiger partial charge in [0.15, 0.2) is 0 Å². The van der Waals surface area contributed by atoms with Gasteiger partial charge in [-0.2, -0.15) is 0 Å². The highest BCUT2D eigenvalue weighted by molar-refractivity contribution is 6.31. The first-order valence-electron chi connectivity index (χ1n) is 5.20. The summed E-state index contributed by atoms with van der Waals surface area (Å²) in [7, 11) is 0. The van der Waals surface area contributed by atoms with E-state index in [-0.39, 0.29) is 18.9 Å². The number of amides is 1. The van der Waals surface area contributed by atoms with Crippen molar-refractivity contribution in [3.05, 3.63) is 23.2 Å². The van der Waals surface area contributed by atoms with E-state index >= 15 is 0 Å². The zero-order valence-electron chi connectivity index (χ0n) is 9.46. The molecule has 1 amide bonds. The Balaban J connectivity index is 2.38. The first-order valence-corrected chi connectivity index (χ1v) is 5.57. The van der Waals surface area contributed by atoms with Gasteiger partial charge >= 0.3 is 0 Å². The van der Waals surface area contributed by atoms with Gasteiger partial charge in [-0.05, 0) is 18.2 Å². The monoisotopic (exact) mass is 278 g/mol. The molecule has 1 aromatic rings. The molecule has 0 heterocycles. The van der Waals surface area contributed by atoms with Crippen molar-refractivity contribution < 1.29 is 18.3 Å². The van der Waals surface area contributed by atoms with Crippen LogP contribution >= 0.6 is 11.6 Å². The number of nitrogen functional groups attached to an aromatic ring is 1. The first kappa shape index (κ1) is 14.7. The molecule has 0 saturated carbocycles. The van der Waals surface area contributed by atoms with E-state index in [4.69, 9.17) is 17.3 Å². The van der Waals surface area contributed by atoms with Gasteiger partial charge in [-0.25, -0.2) is 8.78 Å². The number of halogens is 3. The van der Waals surface area contributed by atoms with Crippen LogP contribution in [0.15, 0.2) is 18.2 Å². The molecule has 0 unspecified atom stereocenters. The minimum Gasteiger partial charge on any atom is -0.397 e. The molecule has 0 saturated heterocycles.